The monoisotopic (exact) mass is 230 g/mol. The first kappa shape index (κ1) is 11.4. The highest BCUT2D eigenvalue weighted by molar-refractivity contribution is 7.94. The van der Waals surface area contributed by atoms with Crippen molar-refractivity contribution >= 4 is 15.8 Å². The van der Waals surface area contributed by atoms with Crippen LogP contribution in [-0.2, 0) is 14.6 Å². The van der Waals surface area contributed by atoms with E-state index < -0.39 is 21.6 Å². The van der Waals surface area contributed by atoms with E-state index in [4.69, 9.17) is 5.11 Å². The van der Waals surface area contributed by atoms with Crippen molar-refractivity contribution in [2.75, 3.05) is 0 Å². The molecule has 15 heavy (non-hydrogen) atoms. The number of sulfone groups is 1. The van der Waals surface area contributed by atoms with Gasteiger partial charge < -0.3 is 5.11 Å². The standard InChI is InChI=1S/C9H7FO4S/c10-7-1-3-8(4-2-7)15(13,14)6-5-9(11)12/h1-6H,(H,11,12). The third kappa shape index (κ3) is 3.17. The quantitative estimate of drug-likeness (QED) is 0.625. The minimum absolute atomic E-state index is 0.151. The van der Waals surface area contributed by atoms with Gasteiger partial charge in [-0.3, -0.25) is 0 Å². The molecular weight excluding hydrogens is 223 g/mol. The Balaban J connectivity index is 3.07. The lowest BCUT2D eigenvalue weighted by Crippen LogP contribution is -1.98. The Hall–Kier alpha value is -1.69. The minimum Gasteiger partial charge on any atom is -0.478 e. The maximum Gasteiger partial charge on any atom is 0.329 e. The molecule has 1 aromatic rings. The third-order valence-electron chi connectivity index (χ3n) is 1.53. The summed E-state index contributed by atoms with van der Waals surface area (Å²) in [6.45, 7) is 0. The van der Waals surface area contributed by atoms with E-state index >= 15 is 0 Å². The van der Waals surface area contributed by atoms with Crippen molar-refractivity contribution in [1.82, 2.24) is 0 Å². The van der Waals surface area contributed by atoms with Crippen molar-refractivity contribution in [3.63, 3.8) is 0 Å². The van der Waals surface area contributed by atoms with Crippen LogP contribution in [0.3, 0.4) is 0 Å². The van der Waals surface area contributed by atoms with E-state index in [9.17, 15) is 17.6 Å². The Morgan fingerprint density at radius 1 is 1.27 bits per heavy atom. The molecule has 0 atom stereocenters. The van der Waals surface area contributed by atoms with Gasteiger partial charge in [-0.1, -0.05) is 0 Å². The van der Waals surface area contributed by atoms with Crippen molar-refractivity contribution < 1.29 is 22.7 Å². The number of halogens is 1. The zero-order valence-electron chi connectivity index (χ0n) is 7.42. The second-order valence-corrected chi connectivity index (χ2v) is 4.47. The fourth-order valence-corrected chi connectivity index (χ4v) is 1.82. The Labute approximate surface area is 85.6 Å². The molecule has 0 unspecified atom stereocenters. The maximum absolute atomic E-state index is 12.5. The summed E-state index contributed by atoms with van der Waals surface area (Å²) in [5.74, 6) is -1.92. The fraction of sp³-hybridized carbons (Fsp3) is 0. The van der Waals surface area contributed by atoms with Crippen LogP contribution in [0.25, 0.3) is 0 Å². The summed E-state index contributed by atoms with van der Waals surface area (Å²) in [6, 6.07) is 4.11. The number of rotatable bonds is 3. The van der Waals surface area contributed by atoms with Crippen LogP contribution in [0, 0.1) is 5.82 Å². The molecule has 0 saturated carbocycles. The summed E-state index contributed by atoms with van der Waals surface area (Å²) in [5, 5.41) is 8.81. The summed E-state index contributed by atoms with van der Waals surface area (Å²) in [7, 11) is -3.80. The largest absolute Gasteiger partial charge is 0.478 e. The van der Waals surface area contributed by atoms with Crippen LogP contribution in [0.5, 0.6) is 0 Å². The van der Waals surface area contributed by atoms with Gasteiger partial charge in [-0.2, -0.15) is 0 Å². The number of carbonyl (C=O) groups is 1. The van der Waals surface area contributed by atoms with Crippen LogP contribution >= 0.6 is 0 Å². The van der Waals surface area contributed by atoms with Crippen LogP contribution in [0.2, 0.25) is 0 Å². The number of hydrogen-bond donors (Lipinski definition) is 1. The first-order valence-corrected chi connectivity index (χ1v) is 5.38. The molecule has 0 radical (unpaired) electrons. The topological polar surface area (TPSA) is 71.4 Å². The first-order chi connectivity index (χ1) is 6.92. The van der Waals surface area contributed by atoms with Gasteiger partial charge in [0.15, 0.2) is 9.84 Å². The molecule has 0 heterocycles. The molecule has 4 nitrogen and oxygen atoms in total. The van der Waals surface area contributed by atoms with Crippen LogP contribution < -0.4 is 0 Å². The van der Waals surface area contributed by atoms with E-state index in [1.807, 2.05) is 0 Å². The molecule has 0 aliphatic heterocycles. The lowest BCUT2D eigenvalue weighted by molar-refractivity contribution is -0.131. The van der Waals surface area contributed by atoms with Crippen molar-refractivity contribution in [3.8, 4) is 0 Å². The van der Waals surface area contributed by atoms with Gasteiger partial charge >= 0.3 is 5.97 Å². The van der Waals surface area contributed by atoms with E-state index in [0.717, 1.165) is 24.3 Å². The van der Waals surface area contributed by atoms with Gasteiger partial charge in [-0.25, -0.2) is 17.6 Å². The summed E-state index contributed by atoms with van der Waals surface area (Å²) < 4.78 is 35.2. The molecule has 1 aromatic carbocycles. The van der Waals surface area contributed by atoms with E-state index in [2.05, 4.69) is 0 Å². The summed E-state index contributed by atoms with van der Waals surface area (Å²) >= 11 is 0. The van der Waals surface area contributed by atoms with Gasteiger partial charge in [0.25, 0.3) is 0 Å². The molecule has 80 valence electrons. The Kier molecular flexibility index (Phi) is 3.21. The van der Waals surface area contributed by atoms with E-state index in [0.29, 0.717) is 11.5 Å². The van der Waals surface area contributed by atoms with Gasteiger partial charge in [-0.15, -0.1) is 0 Å². The summed E-state index contributed by atoms with van der Waals surface area (Å²) in [5.41, 5.74) is 0. The molecule has 0 aliphatic carbocycles. The van der Waals surface area contributed by atoms with E-state index in [-0.39, 0.29) is 4.90 Å². The molecule has 6 heteroatoms. The predicted octanol–water partition coefficient (Wildman–Crippen LogP) is 1.20. The number of carboxylic acid groups (broad SMARTS) is 1. The fourth-order valence-electron chi connectivity index (χ4n) is 0.851. The number of aliphatic carboxylic acids is 1. The minimum atomic E-state index is -3.80. The number of carboxylic acids is 1. The summed E-state index contributed by atoms with van der Waals surface area (Å²) in [6.07, 6.45) is 0.513. The highest BCUT2D eigenvalue weighted by Crippen LogP contribution is 2.12. The first-order valence-electron chi connectivity index (χ1n) is 3.83. The van der Waals surface area contributed by atoms with Gasteiger partial charge in [0.05, 0.1) is 4.90 Å². The average molecular weight is 230 g/mol. The molecule has 1 rings (SSSR count). The second kappa shape index (κ2) is 4.22. The van der Waals surface area contributed by atoms with Crippen LogP contribution in [0.1, 0.15) is 0 Å². The van der Waals surface area contributed by atoms with Crippen LogP contribution in [0.15, 0.2) is 40.6 Å². The normalized spacial score (nSPS) is 11.8. The average Bonchev–Trinajstić information content (AvgIpc) is 2.16. The Bertz CT molecular complexity index is 487. The molecule has 0 aromatic heterocycles. The zero-order valence-corrected chi connectivity index (χ0v) is 8.24. The smallest absolute Gasteiger partial charge is 0.329 e. The highest BCUT2D eigenvalue weighted by atomic mass is 32.2. The predicted molar refractivity (Wildman–Crippen MR) is 50.4 cm³/mol. The van der Waals surface area contributed by atoms with Gasteiger partial charge in [0, 0.05) is 11.5 Å². The Morgan fingerprint density at radius 2 is 1.80 bits per heavy atom. The highest BCUT2D eigenvalue weighted by Gasteiger charge is 2.10. The molecule has 1 N–H and O–H groups in total. The van der Waals surface area contributed by atoms with Crippen molar-refractivity contribution in [2.45, 2.75) is 4.90 Å². The Morgan fingerprint density at radius 3 is 2.27 bits per heavy atom. The van der Waals surface area contributed by atoms with E-state index in [1.54, 1.807) is 0 Å². The molecule has 0 spiro atoms. The SMILES string of the molecule is O=C(O)C=CS(=O)(=O)c1ccc(F)cc1. The van der Waals surface area contributed by atoms with Gasteiger partial charge in [-0.05, 0) is 24.3 Å². The molecule has 0 bridgehead atoms. The third-order valence-corrected chi connectivity index (χ3v) is 2.96. The summed E-state index contributed by atoms with van der Waals surface area (Å²) in [4.78, 5) is 9.97. The number of benzene rings is 1. The maximum atomic E-state index is 12.5. The van der Waals surface area contributed by atoms with Gasteiger partial charge in [0.2, 0.25) is 0 Å². The lowest BCUT2D eigenvalue weighted by Gasteiger charge is -1.97. The zero-order chi connectivity index (χ0) is 11.5. The molecule has 0 saturated heterocycles. The number of hydrogen-bond acceptors (Lipinski definition) is 3. The lowest BCUT2D eigenvalue weighted by atomic mass is 10.4. The molecule has 0 fully saturated rings. The van der Waals surface area contributed by atoms with Crippen molar-refractivity contribution in [3.05, 3.63) is 41.6 Å². The van der Waals surface area contributed by atoms with Crippen LogP contribution in [-0.4, -0.2) is 19.5 Å². The molecule has 0 aliphatic rings. The van der Waals surface area contributed by atoms with Crippen molar-refractivity contribution in [1.29, 1.82) is 0 Å². The van der Waals surface area contributed by atoms with Crippen LogP contribution in [0.4, 0.5) is 4.39 Å². The van der Waals surface area contributed by atoms with Crippen molar-refractivity contribution in [2.24, 2.45) is 0 Å². The van der Waals surface area contributed by atoms with Gasteiger partial charge in [0.1, 0.15) is 5.82 Å². The molecular formula is C9H7FO4S. The second-order valence-electron chi connectivity index (χ2n) is 2.64. The molecule has 0 amide bonds. The van der Waals surface area contributed by atoms with E-state index in [1.165, 1.54) is 0 Å².